The summed E-state index contributed by atoms with van der Waals surface area (Å²) in [5.74, 6) is -0.996. The summed E-state index contributed by atoms with van der Waals surface area (Å²) in [5.41, 5.74) is 0.968. The number of carbonyl (C=O) groups is 2. The Morgan fingerprint density at radius 3 is 2.47 bits per heavy atom. The van der Waals surface area contributed by atoms with Crippen LogP contribution >= 0.6 is 0 Å². The fourth-order valence-corrected chi connectivity index (χ4v) is 1.78. The van der Waals surface area contributed by atoms with Crippen LogP contribution in [0, 0.1) is 5.92 Å². The molecule has 1 N–H and O–H groups in total. The van der Waals surface area contributed by atoms with Gasteiger partial charge in [0.05, 0.1) is 5.92 Å². The SMILES string of the molecule is C=CC(=O)Oc1ccc(C2CC2C(=O)O)cc1. The van der Waals surface area contributed by atoms with Crippen LogP contribution in [-0.2, 0) is 9.59 Å². The Balaban J connectivity index is 2.02. The normalized spacial score (nSPS) is 21.6. The number of hydrogen-bond acceptors (Lipinski definition) is 3. The van der Waals surface area contributed by atoms with Crippen LogP contribution in [0.5, 0.6) is 5.75 Å². The van der Waals surface area contributed by atoms with Gasteiger partial charge in [-0.15, -0.1) is 0 Å². The average molecular weight is 232 g/mol. The lowest BCUT2D eigenvalue weighted by Crippen LogP contribution is -2.03. The minimum Gasteiger partial charge on any atom is -0.481 e. The molecule has 1 aliphatic rings. The molecule has 1 saturated carbocycles. The maximum atomic E-state index is 10.9. The molecule has 0 radical (unpaired) electrons. The van der Waals surface area contributed by atoms with Crippen molar-refractivity contribution in [3.05, 3.63) is 42.5 Å². The van der Waals surface area contributed by atoms with E-state index in [9.17, 15) is 9.59 Å². The van der Waals surface area contributed by atoms with Gasteiger partial charge in [0.15, 0.2) is 0 Å². The van der Waals surface area contributed by atoms with Crippen molar-refractivity contribution in [2.75, 3.05) is 0 Å². The van der Waals surface area contributed by atoms with Crippen LogP contribution in [0.2, 0.25) is 0 Å². The third kappa shape index (κ3) is 2.53. The lowest BCUT2D eigenvalue weighted by molar-refractivity contribution is -0.138. The van der Waals surface area contributed by atoms with Crippen molar-refractivity contribution < 1.29 is 19.4 Å². The zero-order valence-corrected chi connectivity index (χ0v) is 9.13. The first-order valence-corrected chi connectivity index (χ1v) is 5.29. The monoisotopic (exact) mass is 232 g/mol. The summed E-state index contributed by atoms with van der Waals surface area (Å²) in [6.45, 7) is 3.30. The molecule has 0 amide bonds. The molecular formula is C13H12O4. The maximum Gasteiger partial charge on any atom is 0.335 e. The predicted molar refractivity (Wildman–Crippen MR) is 60.8 cm³/mol. The van der Waals surface area contributed by atoms with Gasteiger partial charge in [0, 0.05) is 6.08 Å². The number of esters is 1. The molecule has 2 rings (SSSR count). The number of ether oxygens (including phenoxy) is 1. The van der Waals surface area contributed by atoms with Gasteiger partial charge in [-0.05, 0) is 30.0 Å². The first kappa shape index (κ1) is 11.4. The maximum absolute atomic E-state index is 10.9. The highest BCUT2D eigenvalue weighted by molar-refractivity contribution is 5.83. The van der Waals surface area contributed by atoms with Gasteiger partial charge in [0.25, 0.3) is 0 Å². The highest BCUT2D eigenvalue weighted by Gasteiger charge is 2.43. The lowest BCUT2D eigenvalue weighted by Gasteiger charge is -2.03. The van der Waals surface area contributed by atoms with Gasteiger partial charge >= 0.3 is 11.9 Å². The van der Waals surface area contributed by atoms with Crippen LogP contribution < -0.4 is 4.74 Å². The minimum atomic E-state index is -0.753. The van der Waals surface area contributed by atoms with E-state index in [1.165, 1.54) is 0 Å². The van der Waals surface area contributed by atoms with Crippen molar-refractivity contribution in [3.63, 3.8) is 0 Å². The summed E-state index contributed by atoms with van der Waals surface area (Å²) in [4.78, 5) is 21.7. The van der Waals surface area contributed by atoms with Crippen molar-refractivity contribution in [2.24, 2.45) is 5.92 Å². The second-order valence-corrected chi connectivity index (χ2v) is 3.98. The summed E-state index contributed by atoms with van der Waals surface area (Å²) < 4.78 is 4.92. The number of carboxylic acid groups (broad SMARTS) is 1. The average Bonchev–Trinajstić information content (AvgIpc) is 3.10. The van der Waals surface area contributed by atoms with Crippen LogP contribution in [0.15, 0.2) is 36.9 Å². The zero-order valence-electron chi connectivity index (χ0n) is 9.13. The molecule has 4 nitrogen and oxygen atoms in total. The van der Waals surface area contributed by atoms with E-state index in [1.54, 1.807) is 24.3 Å². The van der Waals surface area contributed by atoms with E-state index in [0.717, 1.165) is 11.6 Å². The number of carboxylic acids is 1. The third-order valence-corrected chi connectivity index (χ3v) is 2.80. The van der Waals surface area contributed by atoms with Gasteiger partial charge < -0.3 is 9.84 Å². The summed E-state index contributed by atoms with van der Waals surface area (Å²) in [5, 5.41) is 8.81. The summed E-state index contributed by atoms with van der Waals surface area (Å²) in [6, 6.07) is 6.90. The fourth-order valence-electron chi connectivity index (χ4n) is 1.78. The van der Waals surface area contributed by atoms with Gasteiger partial charge in [-0.2, -0.15) is 0 Å². The molecule has 1 aromatic carbocycles. The highest BCUT2D eigenvalue weighted by atomic mass is 16.5. The molecule has 1 aromatic rings. The number of benzene rings is 1. The quantitative estimate of drug-likeness (QED) is 0.489. The van der Waals surface area contributed by atoms with Crippen LogP contribution in [0.25, 0.3) is 0 Å². The Hall–Kier alpha value is -2.10. The van der Waals surface area contributed by atoms with E-state index < -0.39 is 11.9 Å². The molecule has 4 heteroatoms. The Morgan fingerprint density at radius 2 is 2.00 bits per heavy atom. The molecule has 0 aliphatic heterocycles. The summed E-state index contributed by atoms with van der Waals surface area (Å²) >= 11 is 0. The fraction of sp³-hybridized carbons (Fsp3) is 0.231. The molecule has 1 aliphatic carbocycles. The Morgan fingerprint density at radius 1 is 1.35 bits per heavy atom. The van der Waals surface area contributed by atoms with Crippen LogP contribution in [0.3, 0.4) is 0 Å². The van der Waals surface area contributed by atoms with Gasteiger partial charge in [-0.1, -0.05) is 18.7 Å². The van der Waals surface area contributed by atoms with E-state index in [0.29, 0.717) is 12.2 Å². The van der Waals surface area contributed by atoms with Gasteiger partial charge in [0.1, 0.15) is 5.75 Å². The van der Waals surface area contributed by atoms with E-state index in [1.807, 2.05) is 0 Å². The zero-order chi connectivity index (χ0) is 12.4. The lowest BCUT2D eigenvalue weighted by atomic mass is 10.1. The number of hydrogen-bond donors (Lipinski definition) is 1. The van der Waals surface area contributed by atoms with Crippen molar-refractivity contribution in [1.82, 2.24) is 0 Å². The van der Waals surface area contributed by atoms with E-state index in [2.05, 4.69) is 6.58 Å². The van der Waals surface area contributed by atoms with Crippen molar-refractivity contribution >= 4 is 11.9 Å². The Labute approximate surface area is 98.5 Å². The second-order valence-electron chi connectivity index (χ2n) is 3.98. The van der Waals surface area contributed by atoms with Crippen molar-refractivity contribution in [2.45, 2.75) is 12.3 Å². The molecule has 1 fully saturated rings. The molecule has 0 saturated heterocycles. The third-order valence-electron chi connectivity index (χ3n) is 2.80. The van der Waals surface area contributed by atoms with Crippen molar-refractivity contribution in [1.29, 1.82) is 0 Å². The van der Waals surface area contributed by atoms with E-state index >= 15 is 0 Å². The molecule has 0 bridgehead atoms. The summed E-state index contributed by atoms with van der Waals surface area (Å²) in [6.07, 6.45) is 1.77. The molecule has 88 valence electrons. The standard InChI is InChI=1S/C13H12O4/c1-2-12(14)17-9-5-3-8(4-6-9)10-7-11(10)13(15)16/h2-6,10-11H,1,7H2,(H,15,16). The molecule has 0 spiro atoms. The molecule has 2 unspecified atom stereocenters. The second kappa shape index (κ2) is 4.41. The van der Waals surface area contributed by atoms with Crippen molar-refractivity contribution in [3.8, 4) is 5.75 Å². The van der Waals surface area contributed by atoms with Gasteiger partial charge in [-0.25, -0.2) is 4.79 Å². The molecule has 17 heavy (non-hydrogen) atoms. The molecule has 0 aromatic heterocycles. The van der Waals surface area contributed by atoms with Crippen LogP contribution in [0.1, 0.15) is 17.9 Å². The Kier molecular flexibility index (Phi) is 2.95. The topological polar surface area (TPSA) is 63.6 Å². The first-order valence-electron chi connectivity index (χ1n) is 5.29. The van der Waals surface area contributed by atoms with Crippen LogP contribution in [-0.4, -0.2) is 17.0 Å². The number of aliphatic carboxylic acids is 1. The number of carbonyl (C=O) groups excluding carboxylic acids is 1. The van der Waals surface area contributed by atoms with E-state index in [4.69, 9.17) is 9.84 Å². The highest BCUT2D eigenvalue weighted by Crippen LogP contribution is 2.47. The Bertz CT molecular complexity index is 461. The first-order chi connectivity index (χ1) is 8.11. The molecular weight excluding hydrogens is 220 g/mol. The predicted octanol–water partition coefficient (Wildman–Crippen LogP) is 1.97. The van der Waals surface area contributed by atoms with E-state index in [-0.39, 0.29) is 11.8 Å². The molecule has 2 atom stereocenters. The van der Waals surface area contributed by atoms with Crippen LogP contribution in [0.4, 0.5) is 0 Å². The van der Waals surface area contributed by atoms with Gasteiger partial charge in [0.2, 0.25) is 0 Å². The minimum absolute atomic E-state index is 0.0941. The smallest absolute Gasteiger partial charge is 0.335 e. The largest absolute Gasteiger partial charge is 0.481 e. The van der Waals surface area contributed by atoms with Gasteiger partial charge in [-0.3, -0.25) is 4.79 Å². The molecule has 0 heterocycles. The summed E-state index contributed by atoms with van der Waals surface area (Å²) in [7, 11) is 0. The number of rotatable bonds is 4.